The van der Waals surface area contributed by atoms with Gasteiger partial charge in [-0.05, 0) is 24.6 Å². The quantitative estimate of drug-likeness (QED) is 0.772. The first-order valence-corrected chi connectivity index (χ1v) is 5.69. The van der Waals surface area contributed by atoms with Gasteiger partial charge in [0.15, 0.2) is 0 Å². The van der Waals surface area contributed by atoms with Crippen LogP contribution in [0.3, 0.4) is 0 Å². The minimum absolute atomic E-state index is 0.324. The molecule has 2 N–H and O–H groups in total. The molecule has 0 heterocycles. The number of hydrogen-bond acceptors (Lipinski definition) is 3. The highest BCUT2D eigenvalue weighted by molar-refractivity contribution is 5.35. The fraction of sp³-hybridized carbons (Fsp3) is 0.538. The zero-order chi connectivity index (χ0) is 12.0. The Morgan fingerprint density at radius 2 is 2.00 bits per heavy atom. The summed E-state index contributed by atoms with van der Waals surface area (Å²) in [4.78, 5) is 0. The Labute approximate surface area is 97.4 Å². The van der Waals surface area contributed by atoms with E-state index in [4.69, 9.17) is 4.74 Å². The lowest BCUT2D eigenvalue weighted by molar-refractivity contribution is 0.107. The minimum Gasteiger partial charge on any atom is -0.491 e. The molecule has 1 rings (SSSR count). The Hall–Kier alpha value is -1.06. The van der Waals surface area contributed by atoms with E-state index in [1.54, 1.807) is 0 Å². The third kappa shape index (κ3) is 3.83. The molecule has 1 atom stereocenters. The van der Waals surface area contributed by atoms with E-state index in [1.807, 2.05) is 25.2 Å². The van der Waals surface area contributed by atoms with Crippen molar-refractivity contribution < 1.29 is 9.84 Å². The molecule has 1 unspecified atom stereocenters. The van der Waals surface area contributed by atoms with Crippen LogP contribution in [0.15, 0.2) is 24.3 Å². The van der Waals surface area contributed by atoms with E-state index >= 15 is 0 Å². The summed E-state index contributed by atoms with van der Waals surface area (Å²) in [5.41, 5.74) is 1.18. The van der Waals surface area contributed by atoms with E-state index in [0.29, 0.717) is 19.1 Å². The second-order valence-electron chi connectivity index (χ2n) is 4.22. The van der Waals surface area contributed by atoms with Crippen LogP contribution in [0, 0.1) is 0 Å². The van der Waals surface area contributed by atoms with E-state index in [1.165, 1.54) is 5.56 Å². The van der Waals surface area contributed by atoms with E-state index < -0.39 is 6.10 Å². The molecule has 1 aromatic carbocycles. The zero-order valence-corrected chi connectivity index (χ0v) is 10.2. The second-order valence-corrected chi connectivity index (χ2v) is 4.22. The van der Waals surface area contributed by atoms with E-state index in [2.05, 4.69) is 25.2 Å². The Bertz CT molecular complexity index is 313. The van der Waals surface area contributed by atoms with E-state index in [0.717, 1.165) is 5.75 Å². The van der Waals surface area contributed by atoms with Gasteiger partial charge in [-0.1, -0.05) is 32.0 Å². The van der Waals surface area contributed by atoms with Gasteiger partial charge < -0.3 is 15.2 Å². The molecule has 0 bridgehead atoms. The molecule has 3 heteroatoms. The number of hydrogen-bond donors (Lipinski definition) is 2. The molecule has 90 valence electrons. The molecule has 0 saturated carbocycles. The predicted molar refractivity (Wildman–Crippen MR) is 66.0 cm³/mol. The molecule has 0 saturated heterocycles. The number of aliphatic hydroxyl groups excluding tert-OH is 1. The first-order valence-electron chi connectivity index (χ1n) is 5.69. The van der Waals surface area contributed by atoms with Gasteiger partial charge in [-0.3, -0.25) is 0 Å². The summed E-state index contributed by atoms with van der Waals surface area (Å²) in [6.07, 6.45) is -0.467. The smallest absolute Gasteiger partial charge is 0.122 e. The second kappa shape index (κ2) is 6.51. The molecular weight excluding hydrogens is 202 g/mol. The Morgan fingerprint density at radius 3 is 2.62 bits per heavy atom. The highest BCUT2D eigenvalue weighted by atomic mass is 16.5. The van der Waals surface area contributed by atoms with Crippen molar-refractivity contribution in [1.82, 2.24) is 5.32 Å². The zero-order valence-electron chi connectivity index (χ0n) is 10.2. The van der Waals surface area contributed by atoms with Crippen LogP contribution < -0.4 is 10.1 Å². The Balaban J connectivity index is 2.59. The van der Waals surface area contributed by atoms with Crippen molar-refractivity contribution in [3.63, 3.8) is 0 Å². The standard InChI is InChI=1S/C13H21NO2/c1-10(2)12-6-4-5-7-13(12)16-9-11(15)8-14-3/h4-7,10-11,14-15H,8-9H2,1-3H3. The predicted octanol–water partition coefficient (Wildman–Crippen LogP) is 1.77. The number of benzene rings is 1. The van der Waals surface area contributed by atoms with Gasteiger partial charge in [-0.15, -0.1) is 0 Å². The first-order chi connectivity index (χ1) is 7.65. The highest BCUT2D eigenvalue weighted by Crippen LogP contribution is 2.25. The maximum atomic E-state index is 9.55. The number of rotatable bonds is 6. The number of ether oxygens (including phenoxy) is 1. The summed E-state index contributed by atoms with van der Waals surface area (Å²) >= 11 is 0. The van der Waals surface area contributed by atoms with Gasteiger partial charge in [0.25, 0.3) is 0 Å². The van der Waals surface area contributed by atoms with Crippen LogP contribution >= 0.6 is 0 Å². The topological polar surface area (TPSA) is 41.5 Å². The lowest BCUT2D eigenvalue weighted by Gasteiger charge is -2.16. The van der Waals surface area contributed by atoms with Gasteiger partial charge in [0.1, 0.15) is 18.5 Å². The molecule has 16 heavy (non-hydrogen) atoms. The SMILES string of the molecule is CNCC(O)COc1ccccc1C(C)C. The van der Waals surface area contributed by atoms with Gasteiger partial charge in [-0.2, -0.15) is 0 Å². The van der Waals surface area contributed by atoms with E-state index in [-0.39, 0.29) is 0 Å². The van der Waals surface area contributed by atoms with Crippen LogP contribution in [-0.2, 0) is 0 Å². The number of likely N-dealkylation sites (N-methyl/N-ethyl adjacent to an activating group) is 1. The lowest BCUT2D eigenvalue weighted by Crippen LogP contribution is -2.29. The molecule has 3 nitrogen and oxygen atoms in total. The van der Waals surface area contributed by atoms with Crippen molar-refractivity contribution in [2.75, 3.05) is 20.2 Å². The maximum Gasteiger partial charge on any atom is 0.122 e. The van der Waals surface area contributed by atoms with Crippen molar-refractivity contribution in [3.8, 4) is 5.75 Å². The molecule has 0 fully saturated rings. The van der Waals surface area contributed by atoms with Gasteiger partial charge in [0.05, 0.1) is 0 Å². The molecule has 0 radical (unpaired) electrons. The summed E-state index contributed by atoms with van der Waals surface area (Å²) in [5, 5.41) is 12.5. The van der Waals surface area contributed by atoms with Gasteiger partial charge in [0.2, 0.25) is 0 Å². The fourth-order valence-corrected chi connectivity index (χ4v) is 1.57. The van der Waals surface area contributed by atoms with E-state index in [9.17, 15) is 5.11 Å². The summed E-state index contributed by atoms with van der Waals surface area (Å²) in [5.74, 6) is 1.30. The fourth-order valence-electron chi connectivity index (χ4n) is 1.57. The van der Waals surface area contributed by atoms with Crippen LogP contribution in [-0.4, -0.2) is 31.4 Å². The minimum atomic E-state index is -0.467. The molecule has 0 amide bonds. The van der Waals surface area contributed by atoms with Crippen LogP contribution in [0.5, 0.6) is 5.75 Å². The average Bonchev–Trinajstić information content (AvgIpc) is 2.27. The van der Waals surface area contributed by atoms with Crippen molar-refractivity contribution in [2.24, 2.45) is 0 Å². The normalized spacial score (nSPS) is 12.8. The largest absolute Gasteiger partial charge is 0.491 e. The summed E-state index contributed by atoms with van der Waals surface area (Å²) in [6.45, 7) is 5.13. The lowest BCUT2D eigenvalue weighted by atomic mass is 10.0. The molecule has 0 spiro atoms. The molecule has 0 aromatic heterocycles. The maximum absolute atomic E-state index is 9.55. The van der Waals surface area contributed by atoms with Crippen LogP contribution in [0.1, 0.15) is 25.3 Å². The van der Waals surface area contributed by atoms with Crippen LogP contribution in [0.25, 0.3) is 0 Å². The number of nitrogens with one attached hydrogen (secondary N) is 1. The van der Waals surface area contributed by atoms with Crippen molar-refractivity contribution in [2.45, 2.75) is 25.9 Å². The first kappa shape index (κ1) is 13.0. The van der Waals surface area contributed by atoms with Crippen molar-refractivity contribution in [1.29, 1.82) is 0 Å². The summed E-state index contributed by atoms with van der Waals surface area (Å²) < 4.78 is 5.62. The third-order valence-corrected chi connectivity index (χ3v) is 2.41. The van der Waals surface area contributed by atoms with Crippen molar-refractivity contribution >= 4 is 0 Å². The van der Waals surface area contributed by atoms with Gasteiger partial charge in [0, 0.05) is 6.54 Å². The highest BCUT2D eigenvalue weighted by Gasteiger charge is 2.09. The van der Waals surface area contributed by atoms with Gasteiger partial charge >= 0.3 is 0 Å². The summed E-state index contributed by atoms with van der Waals surface area (Å²) in [7, 11) is 1.81. The molecular formula is C13H21NO2. The third-order valence-electron chi connectivity index (χ3n) is 2.41. The van der Waals surface area contributed by atoms with Crippen LogP contribution in [0.2, 0.25) is 0 Å². The Morgan fingerprint density at radius 1 is 1.31 bits per heavy atom. The summed E-state index contributed by atoms with van der Waals surface area (Å²) in [6, 6.07) is 7.96. The molecule has 0 aliphatic carbocycles. The number of aliphatic hydroxyl groups is 1. The average molecular weight is 223 g/mol. The molecule has 0 aliphatic rings. The monoisotopic (exact) mass is 223 g/mol. The molecule has 1 aromatic rings. The Kier molecular flexibility index (Phi) is 5.29. The van der Waals surface area contributed by atoms with Crippen LogP contribution in [0.4, 0.5) is 0 Å². The number of para-hydroxylation sites is 1. The molecule has 0 aliphatic heterocycles. The van der Waals surface area contributed by atoms with Gasteiger partial charge in [-0.25, -0.2) is 0 Å². The van der Waals surface area contributed by atoms with Crippen molar-refractivity contribution in [3.05, 3.63) is 29.8 Å².